The minimum atomic E-state index is -0.604. The van der Waals surface area contributed by atoms with Gasteiger partial charge < -0.3 is 14.3 Å². The molecule has 2 aromatic rings. The Labute approximate surface area is 138 Å². The van der Waals surface area contributed by atoms with Crippen LogP contribution in [-0.4, -0.2) is 42.2 Å². The summed E-state index contributed by atoms with van der Waals surface area (Å²) in [6, 6.07) is 3.73. The zero-order valence-corrected chi connectivity index (χ0v) is 13.5. The average Bonchev–Trinajstić information content (AvgIpc) is 3.05. The second-order valence-electron chi connectivity index (χ2n) is 6.01. The molecular weight excluding hydrogens is 317 g/mol. The van der Waals surface area contributed by atoms with Crippen molar-refractivity contribution in [1.29, 1.82) is 0 Å². The first-order chi connectivity index (χ1) is 11.5. The Hall–Kier alpha value is -2.71. The van der Waals surface area contributed by atoms with Gasteiger partial charge in [-0.15, -0.1) is 0 Å². The largest absolute Gasteiger partial charge is 0.368 e. The molecule has 1 aliphatic heterocycles. The highest BCUT2D eigenvalue weighted by Crippen LogP contribution is 2.32. The van der Waals surface area contributed by atoms with Crippen LogP contribution in [0.3, 0.4) is 0 Å². The van der Waals surface area contributed by atoms with Gasteiger partial charge in [0, 0.05) is 33.3 Å². The number of hydrogen-bond donors (Lipinski definition) is 0. The molecule has 128 valence electrons. The van der Waals surface area contributed by atoms with E-state index >= 15 is 0 Å². The summed E-state index contributed by atoms with van der Waals surface area (Å²) in [6.45, 7) is 1.21. The number of non-ortho nitro benzene ring substituents is 1. The van der Waals surface area contributed by atoms with Crippen molar-refractivity contribution in [2.24, 2.45) is 0 Å². The fourth-order valence-corrected chi connectivity index (χ4v) is 2.84. The number of anilines is 2. The molecular formula is C15H18FN5O3. The number of halogens is 1. The van der Waals surface area contributed by atoms with Crippen molar-refractivity contribution in [1.82, 2.24) is 10.1 Å². The molecule has 0 N–H and O–H groups in total. The number of hydrogen-bond acceptors (Lipinski definition) is 7. The van der Waals surface area contributed by atoms with Crippen molar-refractivity contribution in [3.8, 4) is 0 Å². The standard InChI is InChI=1S/C15H18FN5O3/c1-19(2)15-17-14(24-18-15)10-4-3-7-20(9-10)13-6-5-11(21(22)23)8-12(13)16/h5-6,8,10H,3-4,7,9H2,1-2H3. The van der Waals surface area contributed by atoms with E-state index in [0.29, 0.717) is 30.6 Å². The predicted octanol–water partition coefficient (Wildman–Crippen LogP) is 2.57. The van der Waals surface area contributed by atoms with Gasteiger partial charge in [-0.2, -0.15) is 4.98 Å². The third-order valence-electron chi connectivity index (χ3n) is 4.08. The maximum absolute atomic E-state index is 14.2. The highest BCUT2D eigenvalue weighted by molar-refractivity contribution is 5.53. The number of aromatic nitrogens is 2. The van der Waals surface area contributed by atoms with Crippen molar-refractivity contribution in [2.75, 3.05) is 37.0 Å². The first-order valence-corrected chi connectivity index (χ1v) is 7.65. The fraction of sp³-hybridized carbons (Fsp3) is 0.467. The minimum Gasteiger partial charge on any atom is -0.368 e. The van der Waals surface area contributed by atoms with Gasteiger partial charge >= 0.3 is 0 Å². The van der Waals surface area contributed by atoms with Crippen LogP contribution >= 0.6 is 0 Å². The van der Waals surface area contributed by atoms with Crippen molar-refractivity contribution in [3.05, 3.63) is 40.0 Å². The molecule has 1 aliphatic rings. The van der Waals surface area contributed by atoms with Gasteiger partial charge in [0.25, 0.3) is 11.6 Å². The van der Waals surface area contributed by atoms with Crippen LogP contribution in [0, 0.1) is 15.9 Å². The van der Waals surface area contributed by atoms with E-state index < -0.39 is 10.7 Å². The third-order valence-corrected chi connectivity index (χ3v) is 4.08. The molecule has 1 saturated heterocycles. The molecule has 1 fully saturated rings. The number of benzene rings is 1. The van der Waals surface area contributed by atoms with E-state index in [2.05, 4.69) is 10.1 Å². The molecule has 1 atom stereocenters. The van der Waals surface area contributed by atoms with Crippen LogP contribution < -0.4 is 9.80 Å². The molecule has 1 unspecified atom stereocenters. The number of nitro groups is 1. The first-order valence-electron chi connectivity index (χ1n) is 7.65. The predicted molar refractivity (Wildman–Crippen MR) is 85.9 cm³/mol. The van der Waals surface area contributed by atoms with Crippen molar-refractivity contribution in [2.45, 2.75) is 18.8 Å². The van der Waals surface area contributed by atoms with E-state index in [1.807, 2.05) is 19.0 Å². The molecule has 1 aromatic heterocycles. The second-order valence-corrected chi connectivity index (χ2v) is 6.01. The van der Waals surface area contributed by atoms with Gasteiger partial charge in [0.2, 0.25) is 5.89 Å². The Morgan fingerprint density at radius 2 is 2.25 bits per heavy atom. The summed E-state index contributed by atoms with van der Waals surface area (Å²) < 4.78 is 19.5. The summed E-state index contributed by atoms with van der Waals surface area (Å²) in [5.74, 6) is 0.452. The summed E-state index contributed by atoms with van der Waals surface area (Å²) >= 11 is 0. The van der Waals surface area contributed by atoms with Crippen molar-refractivity contribution >= 4 is 17.3 Å². The molecule has 0 aliphatic carbocycles. The lowest BCUT2D eigenvalue weighted by Gasteiger charge is -2.32. The highest BCUT2D eigenvalue weighted by Gasteiger charge is 2.28. The quantitative estimate of drug-likeness (QED) is 0.626. The number of piperidine rings is 1. The minimum absolute atomic E-state index is 0.00884. The van der Waals surface area contributed by atoms with Gasteiger partial charge in [-0.05, 0) is 24.1 Å². The molecule has 0 spiro atoms. The lowest BCUT2D eigenvalue weighted by molar-refractivity contribution is -0.385. The average molecular weight is 335 g/mol. The molecule has 0 amide bonds. The Bertz CT molecular complexity index is 748. The normalized spacial score (nSPS) is 17.8. The number of rotatable bonds is 4. The lowest BCUT2D eigenvalue weighted by Crippen LogP contribution is -2.35. The molecule has 8 nitrogen and oxygen atoms in total. The van der Waals surface area contributed by atoms with Crippen LogP contribution in [0.1, 0.15) is 24.7 Å². The van der Waals surface area contributed by atoms with Crippen LogP contribution in [0.5, 0.6) is 0 Å². The number of nitrogens with zero attached hydrogens (tertiary/aromatic N) is 5. The van der Waals surface area contributed by atoms with Gasteiger partial charge in [0.1, 0.15) is 0 Å². The van der Waals surface area contributed by atoms with E-state index in [9.17, 15) is 14.5 Å². The van der Waals surface area contributed by atoms with Crippen LogP contribution in [0.15, 0.2) is 22.7 Å². The summed E-state index contributed by atoms with van der Waals surface area (Å²) in [4.78, 5) is 18.1. The molecule has 0 radical (unpaired) electrons. The summed E-state index contributed by atoms with van der Waals surface area (Å²) in [7, 11) is 3.65. The number of nitro benzene ring substituents is 1. The second kappa shape index (κ2) is 6.42. The van der Waals surface area contributed by atoms with Crippen LogP contribution in [0.2, 0.25) is 0 Å². The van der Waals surface area contributed by atoms with Crippen molar-refractivity contribution in [3.63, 3.8) is 0 Å². The van der Waals surface area contributed by atoms with E-state index in [-0.39, 0.29) is 11.6 Å². The summed E-state index contributed by atoms with van der Waals surface area (Å²) in [5.41, 5.74) is 0.106. The van der Waals surface area contributed by atoms with Gasteiger partial charge in [-0.25, -0.2) is 4.39 Å². The highest BCUT2D eigenvalue weighted by atomic mass is 19.1. The molecule has 0 saturated carbocycles. The van der Waals surface area contributed by atoms with Crippen LogP contribution in [0.4, 0.5) is 21.7 Å². The monoisotopic (exact) mass is 335 g/mol. The third kappa shape index (κ3) is 3.15. The van der Waals surface area contributed by atoms with Gasteiger partial charge in [0.05, 0.1) is 22.6 Å². The van der Waals surface area contributed by atoms with Gasteiger partial charge in [0.15, 0.2) is 5.82 Å². The fourth-order valence-electron chi connectivity index (χ4n) is 2.84. The summed E-state index contributed by atoms with van der Waals surface area (Å²) in [6.07, 6.45) is 1.72. The first kappa shape index (κ1) is 16.2. The zero-order valence-electron chi connectivity index (χ0n) is 13.5. The van der Waals surface area contributed by atoms with Crippen LogP contribution in [-0.2, 0) is 0 Å². The van der Waals surface area contributed by atoms with E-state index in [1.54, 1.807) is 4.90 Å². The van der Waals surface area contributed by atoms with Crippen LogP contribution in [0.25, 0.3) is 0 Å². The van der Waals surface area contributed by atoms with Gasteiger partial charge in [-0.1, -0.05) is 0 Å². The maximum atomic E-state index is 14.2. The SMILES string of the molecule is CN(C)c1noc(C2CCCN(c3ccc([N+](=O)[O-])cc3F)C2)n1. The van der Waals surface area contributed by atoms with E-state index in [4.69, 9.17) is 4.52 Å². The lowest BCUT2D eigenvalue weighted by atomic mass is 9.97. The molecule has 1 aromatic carbocycles. The topological polar surface area (TPSA) is 88.5 Å². The molecule has 9 heteroatoms. The van der Waals surface area contributed by atoms with E-state index in [1.165, 1.54) is 12.1 Å². The Kier molecular flexibility index (Phi) is 4.32. The van der Waals surface area contributed by atoms with E-state index in [0.717, 1.165) is 18.9 Å². The van der Waals surface area contributed by atoms with Crippen molar-refractivity contribution < 1.29 is 13.8 Å². The van der Waals surface area contributed by atoms with Gasteiger partial charge in [-0.3, -0.25) is 10.1 Å². The Morgan fingerprint density at radius 3 is 2.88 bits per heavy atom. The molecule has 3 rings (SSSR count). The summed E-state index contributed by atoms with van der Waals surface area (Å²) in [5, 5.41) is 14.6. The zero-order chi connectivity index (χ0) is 17.3. The molecule has 24 heavy (non-hydrogen) atoms. The Balaban J connectivity index is 1.79. The molecule has 2 heterocycles. The smallest absolute Gasteiger partial charge is 0.272 e. The maximum Gasteiger partial charge on any atom is 0.272 e. The Morgan fingerprint density at radius 1 is 1.46 bits per heavy atom. The molecule has 0 bridgehead atoms.